The van der Waals surface area contributed by atoms with Gasteiger partial charge in [0.1, 0.15) is 11.3 Å². The van der Waals surface area contributed by atoms with Crippen LogP contribution in [-0.2, 0) is 4.79 Å². The highest BCUT2D eigenvalue weighted by Gasteiger charge is 2.38. The summed E-state index contributed by atoms with van der Waals surface area (Å²) in [6.45, 7) is 0. The Hall–Kier alpha value is -2.05. The van der Waals surface area contributed by atoms with E-state index in [2.05, 4.69) is 10.6 Å². The lowest BCUT2D eigenvalue weighted by Gasteiger charge is -2.24. The first-order valence-corrected chi connectivity index (χ1v) is 8.99. The van der Waals surface area contributed by atoms with Gasteiger partial charge >= 0.3 is 0 Å². The van der Waals surface area contributed by atoms with E-state index in [0.29, 0.717) is 33.6 Å². The third-order valence-corrected chi connectivity index (χ3v) is 5.54. The summed E-state index contributed by atoms with van der Waals surface area (Å²) in [5, 5.41) is 7.33. The Labute approximate surface area is 150 Å². The SMILES string of the molecule is NC(=O)c1oc2ccc(Cl)cc2c1NC(=O)[C@@H]1CC2CCCCC2N1. The molecule has 0 spiro atoms. The van der Waals surface area contributed by atoms with Gasteiger partial charge in [0.05, 0.1) is 6.04 Å². The van der Waals surface area contributed by atoms with E-state index in [9.17, 15) is 9.59 Å². The number of nitrogens with two attached hydrogens (primary N) is 1. The molecule has 6 nitrogen and oxygen atoms in total. The number of hydrogen-bond acceptors (Lipinski definition) is 4. The Morgan fingerprint density at radius 1 is 1.28 bits per heavy atom. The molecule has 1 saturated carbocycles. The smallest absolute Gasteiger partial charge is 0.286 e. The zero-order valence-corrected chi connectivity index (χ0v) is 14.4. The molecule has 132 valence electrons. The second-order valence-electron chi connectivity index (χ2n) is 6.91. The fourth-order valence-electron chi connectivity index (χ4n) is 4.10. The van der Waals surface area contributed by atoms with Crippen LogP contribution in [-0.4, -0.2) is 23.9 Å². The van der Waals surface area contributed by atoms with Crippen molar-refractivity contribution in [2.24, 2.45) is 11.7 Å². The fraction of sp³-hybridized carbons (Fsp3) is 0.444. The van der Waals surface area contributed by atoms with E-state index >= 15 is 0 Å². The second kappa shape index (κ2) is 6.35. The number of carbonyl (C=O) groups excluding carboxylic acids is 2. The fourth-order valence-corrected chi connectivity index (χ4v) is 4.27. The summed E-state index contributed by atoms with van der Waals surface area (Å²) in [4.78, 5) is 24.5. The van der Waals surface area contributed by atoms with Gasteiger partial charge in [-0.3, -0.25) is 9.59 Å². The van der Waals surface area contributed by atoms with Gasteiger partial charge in [-0.2, -0.15) is 0 Å². The number of hydrogen-bond donors (Lipinski definition) is 3. The summed E-state index contributed by atoms with van der Waals surface area (Å²) in [6.07, 6.45) is 5.54. The van der Waals surface area contributed by atoms with Crippen molar-refractivity contribution >= 4 is 40.1 Å². The molecule has 4 N–H and O–H groups in total. The van der Waals surface area contributed by atoms with Crippen LogP contribution in [0.2, 0.25) is 5.02 Å². The largest absolute Gasteiger partial charge is 0.449 e. The summed E-state index contributed by atoms with van der Waals surface area (Å²) in [6, 6.07) is 5.12. The average molecular weight is 362 g/mol. The summed E-state index contributed by atoms with van der Waals surface area (Å²) in [5.41, 5.74) is 6.17. The number of primary amides is 1. The molecule has 2 aromatic rings. The summed E-state index contributed by atoms with van der Waals surface area (Å²) >= 11 is 6.04. The van der Waals surface area contributed by atoms with E-state index < -0.39 is 5.91 Å². The van der Waals surface area contributed by atoms with Crippen LogP contribution in [0.15, 0.2) is 22.6 Å². The zero-order valence-electron chi connectivity index (χ0n) is 13.7. The summed E-state index contributed by atoms with van der Waals surface area (Å²) in [5.74, 6) is -0.396. The molecule has 2 amide bonds. The van der Waals surface area contributed by atoms with Gasteiger partial charge in [0.15, 0.2) is 0 Å². The average Bonchev–Trinajstić information content (AvgIpc) is 3.16. The van der Waals surface area contributed by atoms with Gasteiger partial charge in [0, 0.05) is 16.5 Å². The predicted molar refractivity (Wildman–Crippen MR) is 95.7 cm³/mol. The number of fused-ring (bicyclic) bond motifs is 2. The van der Waals surface area contributed by atoms with Gasteiger partial charge in [-0.15, -0.1) is 0 Å². The molecule has 0 radical (unpaired) electrons. The van der Waals surface area contributed by atoms with Crippen molar-refractivity contribution in [3.05, 3.63) is 29.0 Å². The summed E-state index contributed by atoms with van der Waals surface area (Å²) in [7, 11) is 0. The van der Waals surface area contributed by atoms with Crippen molar-refractivity contribution in [1.82, 2.24) is 5.32 Å². The molecule has 2 aliphatic rings. The molecule has 3 atom stereocenters. The van der Waals surface area contributed by atoms with Crippen molar-refractivity contribution in [2.75, 3.05) is 5.32 Å². The highest BCUT2D eigenvalue weighted by molar-refractivity contribution is 6.31. The number of amides is 2. The van der Waals surface area contributed by atoms with E-state index in [4.69, 9.17) is 21.8 Å². The maximum absolute atomic E-state index is 12.8. The first-order valence-electron chi connectivity index (χ1n) is 8.61. The quantitative estimate of drug-likeness (QED) is 0.782. The lowest BCUT2D eigenvalue weighted by Crippen LogP contribution is -2.40. The Morgan fingerprint density at radius 3 is 2.84 bits per heavy atom. The molecular formula is C18H20ClN3O3. The Morgan fingerprint density at radius 2 is 2.08 bits per heavy atom. The highest BCUT2D eigenvalue weighted by Crippen LogP contribution is 2.35. The van der Waals surface area contributed by atoms with Crippen molar-refractivity contribution in [3.8, 4) is 0 Å². The van der Waals surface area contributed by atoms with Crippen LogP contribution in [0.4, 0.5) is 5.69 Å². The van der Waals surface area contributed by atoms with E-state index in [-0.39, 0.29) is 17.7 Å². The minimum Gasteiger partial charge on any atom is -0.449 e. The van der Waals surface area contributed by atoms with Gasteiger partial charge in [-0.05, 0) is 43.4 Å². The van der Waals surface area contributed by atoms with Crippen molar-refractivity contribution in [3.63, 3.8) is 0 Å². The Bertz CT molecular complexity index is 833. The van der Waals surface area contributed by atoms with Crippen LogP contribution < -0.4 is 16.4 Å². The molecule has 2 heterocycles. The monoisotopic (exact) mass is 361 g/mol. The van der Waals surface area contributed by atoms with E-state index in [1.165, 1.54) is 12.8 Å². The second-order valence-corrected chi connectivity index (χ2v) is 7.34. The molecule has 25 heavy (non-hydrogen) atoms. The van der Waals surface area contributed by atoms with Crippen LogP contribution in [0.3, 0.4) is 0 Å². The lowest BCUT2D eigenvalue weighted by molar-refractivity contribution is -0.117. The third kappa shape index (κ3) is 3.00. The molecule has 4 rings (SSSR count). The van der Waals surface area contributed by atoms with Gasteiger partial charge in [-0.1, -0.05) is 24.4 Å². The minimum absolute atomic E-state index is 0.0546. The lowest BCUT2D eigenvalue weighted by atomic mass is 9.85. The van der Waals surface area contributed by atoms with Gasteiger partial charge in [0.25, 0.3) is 5.91 Å². The Kier molecular flexibility index (Phi) is 4.17. The maximum atomic E-state index is 12.8. The highest BCUT2D eigenvalue weighted by atomic mass is 35.5. The van der Waals surface area contributed by atoms with E-state index in [0.717, 1.165) is 19.3 Å². The standard InChI is InChI=1S/C18H20ClN3O3/c19-10-5-6-14-11(8-10)15(16(25-14)17(20)23)22-18(24)13-7-9-3-1-2-4-12(9)21-13/h5-6,8-9,12-13,21H,1-4,7H2,(H2,20,23)(H,22,24)/t9?,12?,13-/m0/s1. The normalized spacial score (nSPS) is 25.7. The molecule has 7 heteroatoms. The number of benzene rings is 1. The van der Waals surface area contributed by atoms with Crippen LogP contribution >= 0.6 is 11.6 Å². The van der Waals surface area contributed by atoms with Crippen LogP contribution in [0.5, 0.6) is 0 Å². The molecule has 1 aromatic heterocycles. The number of carbonyl (C=O) groups is 2. The van der Waals surface area contributed by atoms with Crippen LogP contribution in [0.1, 0.15) is 42.7 Å². The molecule has 2 fully saturated rings. The van der Waals surface area contributed by atoms with Gasteiger partial charge in [-0.25, -0.2) is 0 Å². The molecule has 1 aromatic carbocycles. The van der Waals surface area contributed by atoms with E-state index in [1.54, 1.807) is 18.2 Å². The molecule has 1 aliphatic heterocycles. The molecular weight excluding hydrogens is 342 g/mol. The number of anilines is 1. The number of halogens is 1. The van der Waals surface area contributed by atoms with Crippen molar-refractivity contribution in [1.29, 1.82) is 0 Å². The first-order chi connectivity index (χ1) is 12.0. The molecule has 2 unspecified atom stereocenters. The molecule has 1 aliphatic carbocycles. The van der Waals surface area contributed by atoms with Crippen LogP contribution in [0, 0.1) is 5.92 Å². The van der Waals surface area contributed by atoms with Gasteiger partial charge < -0.3 is 20.8 Å². The summed E-state index contributed by atoms with van der Waals surface area (Å²) < 4.78 is 5.51. The number of furan rings is 1. The zero-order chi connectivity index (χ0) is 17.6. The van der Waals surface area contributed by atoms with Crippen molar-refractivity contribution < 1.29 is 14.0 Å². The molecule has 0 bridgehead atoms. The topological polar surface area (TPSA) is 97.4 Å². The molecule has 1 saturated heterocycles. The van der Waals surface area contributed by atoms with E-state index in [1.807, 2.05) is 0 Å². The first kappa shape index (κ1) is 16.4. The number of nitrogens with one attached hydrogen (secondary N) is 2. The predicted octanol–water partition coefficient (Wildman–Crippen LogP) is 3.04. The van der Waals surface area contributed by atoms with Crippen LogP contribution in [0.25, 0.3) is 11.0 Å². The Balaban J connectivity index is 1.61. The maximum Gasteiger partial charge on any atom is 0.286 e. The third-order valence-electron chi connectivity index (χ3n) is 5.30. The number of rotatable bonds is 3. The van der Waals surface area contributed by atoms with Gasteiger partial charge in [0.2, 0.25) is 11.7 Å². The van der Waals surface area contributed by atoms with Crippen molar-refractivity contribution in [2.45, 2.75) is 44.2 Å². The minimum atomic E-state index is -0.726.